The van der Waals surface area contributed by atoms with Crippen LogP contribution in [0.25, 0.3) is 27.9 Å². The van der Waals surface area contributed by atoms with Gasteiger partial charge in [0.2, 0.25) is 0 Å². The SMILES string of the molecule is Nc1ncc(-c2ccc(CS(=O)O)cc2)cc1-c1ccc(-n2cccn2)cc1. The number of aromatic nitrogens is 3. The van der Waals surface area contributed by atoms with Crippen molar-refractivity contribution in [3.05, 3.63) is 84.8 Å². The second-order valence-corrected chi connectivity index (χ2v) is 7.25. The molecule has 0 radical (unpaired) electrons. The molecular formula is C21H18N4O2S. The van der Waals surface area contributed by atoms with Crippen LogP contribution in [0.5, 0.6) is 0 Å². The lowest BCUT2D eigenvalue weighted by atomic mass is 10.0. The molecule has 0 saturated carbocycles. The highest BCUT2D eigenvalue weighted by atomic mass is 32.2. The van der Waals surface area contributed by atoms with Crippen LogP contribution in [0.1, 0.15) is 5.56 Å². The van der Waals surface area contributed by atoms with Crippen LogP contribution in [0.2, 0.25) is 0 Å². The molecule has 4 aromatic rings. The van der Waals surface area contributed by atoms with E-state index in [0.29, 0.717) is 5.82 Å². The third kappa shape index (κ3) is 3.85. The lowest BCUT2D eigenvalue weighted by Crippen LogP contribution is -1.97. The molecule has 7 heteroatoms. The topological polar surface area (TPSA) is 94.0 Å². The predicted molar refractivity (Wildman–Crippen MR) is 111 cm³/mol. The molecule has 1 unspecified atom stereocenters. The molecule has 1 atom stereocenters. The fraction of sp³-hybridized carbons (Fsp3) is 0.0476. The quantitative estimate of drug-likeness (QED) is 0.504. The van der Waals surface area contributed by atoms with Crippen molar-refractivity contribution in [3.63, 3.8) is 0 Å². The van der Waals surface area contributed by atoms with Gasteiger partial charge in [0.1, 0.15) is 5.82 Å². The number of hydrogen-bond donors (Lipinski definition) is 2. The minimum atomic E-state index is -1.85. The number of benzene rings is 2. The first-order valence-electron chi connectivity index (χ1n) is 8.63. The van der Waals surface area contributed by atoms with Gasteiger partial charge in [0.05, 0.1) is 11.4 Å². The highest BCUT2D eigenvalue weighted by Gasteiger charge is 2.08. The summed E-state index contributed by atoms with van der Waals surface area (Å²) >= 11 is -1.85. The second-order valence-electron chi connectivity index (χ2n) is 6.32. The van der Waals surface area contributed by atoms with E-state index in [9.17, 15) is 4.21 Å². The highest BCUT2D eigenvalue weighted by Crippen LogP contribution is 2.30. The Balaban J connectivity index is 1.64. The Morgan fingerprint density at radius 1 is 1.00 bits per heavy atom. The summed E-state index contributed by atoms with van der Waals surface area (Å²) in [5.74, 6) is 0.580. The number of nitrogen functional groups attached to an aromatic ring is 1. The molecule has 0 aliphatic carbocycles. The van der Waals surface area contributed by atoms with Crippen LogP contribution in [-0.2, 0) is 16.8 Å². The summed E-state index contributed by atoms with van der Waals surface area (Å²) in [4.78, 5) is 4.35. The highest BCUT2D eigenvalue weighted by molar-refractivity contribution is 7.78. The normalized spacial score (nSPS) is 12.0. The average Bonchev–Trinajstić information content (AvgIpc) is 3.24. The lowest BCUT2D eigenvalue weighted by molar-refractivity contribution is 0.563. The first-order valence-corrected chi connectivity index (χ1v) is 9.90. The van der Waals surface area contributed by atoms with Gasteiger partial charge < -0.3 is 10.3 Å². The van der Waals surface area contributed by atoms with Crippen LogP contribution >= 0.6 is 0 Å². The van der Waals surface area contributed by atoms with Crippen molar-refractivity contribution < 1.29 is 8.76 Å². The second kappa shape index (κ2) is 7.75. The van der Waals surface area contributed by atoms with Crippen LogP contribution < -0.4 is 5.73 Å². The maximum atomic E-state index is 10.9. The molecule has 28 heavy (non-hydrogen) atoms. The van der Waals surface area contributed by atoms with Crippen molar-refractivity contribution in [3.8, 4) is 27.9 Å². The van der Waals surface area contributed by atoms with E-state index in [1.165, 1.54) is 0 Å². The molecule has 4 rings (SSSR count). The van der Waals surface area contributed by atoms with Crippen molar-refractivity contribution >= 4 is 16.9 Å². The minimum absolute atomic E-state index is 0.119. The van der Waals surface area contributed by atoms with E-state index in [1.54, 1.807) is 17.1 Å². The van der Waals surface area contributed by atoms with E-state index in [2.05, 4.69) is 10.1 Å². The largest absolute Gasteiger partial charge is 0.383 e. The summed E-state index contributed by atoms with van der Waals surface area (Å²) in [6.07, 6.45) is 5.36. The molecule has 0 aliphatic rings. The summed E-state index contributed by atoms with van der Waals surface area (Å²) in [6.45, 7) is 0. The number of hydrogen-bond acceptors (Lipinski definition) is 4. The number of pyridine rings is 1. The molecule has 0 spiro atoms. The molecule has 0 bridgehead atoms. The maximum absolute atomic E-state index is 10.9. The zero-order valence-electron chi connectivity index (χ0n) is 14.9. The minimum Gasteiger partial charge on any atom is -0.383 e. The molecule has 0 aliphatic heterocycles. The Morgan fingerprint density at radius 3 is 2.36 bits per heavy atom. The van der Waals surface area contributed by atoms with E-state index >= 15 is 0 Å². The Kier molecular flexibility index (Phi) is 5.01. The number of rotatable bonds is 5. The zero-order chi connectivity index (χ0) is 19.5. The Hall–Kier alpha value is -3.29. The van der Waals surface area contributed by atoms with E-state index in [0.717, 1.165) is 33.5 Å². The van der Waals surface area contributed by atoms with E-state index < -0.39 is 11.1 Å². The van der Waals surface area contributed by atoms with Crippen LogP contribution in [0.4, 0.5) is 5.82 Å². The van der Waals surface area contributed by atoms with Gasteiger partial charge in [-0.3, -0.25) is 0 Å². The summed E-state index contributed by atoms with van der Waals surface area (Å²) < 4.78 is 21.7. The molecule has 0 fully saturated rings. The maximum Gasteiger partial charge on any atom is 0.157 e. The molecule has 2 aromatic carbocycles. The average molecular weight is 390 g/mol. The van der Waals surface area contributed by atoms with Gasteiger partial charge in [-0.1, -0.05) is 36.4 Å². The standard InChI is InChI=1S/C21H18N4O2S/c22-21-20(17-6-8-19(9-7-17)25-11-1-10-24-25)12-18(13-23-21)16-4-2-15(3-5-16)14-28(26)27/h1-13H,14H2,(H2,22,23)(H,26,27). The van der Waals surface area contributed by atoms with Crippen LogP contribution in [-0.4, -0.2) is 23.5 Å². The summed E-state index contributed by atoms with van der Waals surface area (Å²) in [5.41, 5.74) is 11.6. The van der Waals surface area contributed by atoms with Gasteiger partial charge in [0.15, 0.2) is 11.1 Å². The van der Waals surface area contributed by atoms with E-state index in [4.69, 9.17) is 10.3 Å². The zero-order valence-corrected chi connectivity index (χ0v) is 15.7. The molecule has 0 amide bonds. The molecule has 2 heterocycles. The van der Waals surface area contributed by atoms with Crippen molar-refractivity contribution in [2.45, 2.75) is 5.75 Å². The van der Waals surface area contributed by atoms with Crippen molar-refractivity contribution in [2.75, 3.05) is 5.73 Å². The van der Waals surface area contributed by atoms with Crippen LogP contribution in [0.15, 0.2) is 79.3 Å². The molecule has 6 nitrogen and oxygen atoms in total. The number of nitrogens with zero attached hydrogens (tertiary/aromatic N) is 3. The van der Waals surface area contributed by atoms with Gasteiger partial charge in [-0.15, -0.1) is 0 Å². The number of nitrogens with two attached hydrogens (primary N) is 1. The van der Waals surface area contributed by atoms with E-state index in [-0.39, 0.29) is 5.75 Å². The first kappa shape index (κ1) is 18.1. The monoisotopic (exact) mass is 390 g/mol. The summed E-state index contributed by atoms with van der Waals surface area (Å²) in [5, 5.41) is 4.23. The van der Waals surface area contributed by atoms with Gasteiger partial charge in [0, 0.05) is 29.7 Å². The summed E-state index contributed by atoms with van der Waals surface area (Å²) in [7, 11) is 0. The lowest BCUT2D eigenvalue weighted by Gasteiger charge is -2.10. The van der Waals surface area contributed by atoms with Crippen molar-refractivity contribution in [2.24, 2.45) is 0 Å². The number of anilines is 1. The molecular weight excluding hydrogens is 372 g/mol. The van der Waals surface area contributed by atoms with Gasteiger partial charge in [-0.05, 0) is 41.0 Å². The predicted octanol–water partition coefficient (Wildman–Crippen LogP) is 3.91. The van der Waals surface area contributed by atoms with Gasteiger partial charge >= 0.3 is 0 Å². The van der Waals surface area contributed by atoms with Gasteiger partial charge in [-0.25, -0.2) is 13.9 Å². The fourth-order valence-corrected chi connectivity index (χ4v) is 3.49. The van der Waals surface area contributed by atoms with Crippen LogP contribution in [0, 0.1) is 0 Å². The Bertz CT molecular complexity index is 1110. The van der Waals surface area contributed by atoms with Gasteiger partial charge in [-0.2, -0.15) is 5.10 Å². The molecule has 0 saturated heterocycles. The van der Waals surface area contributed by atoms with Crippen LogP contribution in [0.3, 0.4) is 0 Å². The van der Waals surface area contributed by atoms with Gasteiger partial charge in [0.25, 0.3) is 0 Å². The van der Waals surface area contributed by atoms with Crippen molar-refractivity contribution in [1.82, 2.24) is 14.8 Å². The third-order valence-corrected chi connectivity index (χ3v) is 5.02. The smallest absolute Gasteiger partial charge is 0.157 e. The summed E-state index contributed by atoms with van der Waals surface area (Å²) in [6, 6.07) is 19.4. The van der Waals surface area contributed by atoms with E-state index in [1.807, 2.05) is 66.9 Å². The first-order chi connectivity index (χ1) is 13.6. The molecule has 140 valence electrons. The Labute approximate surface area is 165 Å². The molecule has 2 aromatic heterocycles. The Morgan fingerprint density at radius 2 is 1.71 bits per heavy atom. The van der Waals surface area contributed by atoms with Crippen molar-refractivity contribution in [1.29, 1.82) is 0 Å². The fourth-order valence-electron chi connectivity index (χ4n) is 3.02. The molecule has 3 N–H and O–H groups in total. The third-order valence-electron chi connectivity index (χ3n) is 4.44.